The fourth-order valence-corrected chi connectivity index (χ4v) is 1.76. The molecule has 1 atom stereocenters. The van der Waals surface area contributed by atoms with E-state index in [4.69, 9.17) is 11.6 Å². The van der Waals surface area contributed by atoms with Crippen LogP contribution in [0.5, 0.6) is 0 Å². The first-order valence-corrected chi connectivity index (χ1v) is 6.06. The summed E-state index contributed by atoms with van der Waals surface area (Å²) in [5.41, 5.74) is 0.757. The van der Waals surface area contributed by atoms with Crippen LogP contribution in [0.15, 0.2) is 24.3 Å². The number of benzene rings is 1. The number of rotatable bonds is 5. The highest BCUT2D eigenvalue weighted by atomic mass is 35.5. The Kier molecular flexibility index (Phi) is 5.09. The maximum absolute atomic E-state index is 11.7. The van der Waals surface area contributed by atoms with Gasteiger partial charge in [-0.2, -0.15) is 0 Å². The molecule has 18 heavy (non-hydrogen) atoms. The van der Waals surface area contributed by atoms with Gasteiger partial charge >= 0.3 is 0 Å². The van der Waals surface area contributed by atoms with Gasteiger partial charge in [-0.15, -0.1) is 11.6 Å². The van der Waals surface area contributed by atoms with Crippen molar-refractivity contribution in [2.75, 3.05) is 12.9 Å². The summed E-state index contributed by atoms with van der Waals surface area (Å²) < 4.78 is 0. The lowest BCUT2D eigenvalue weighted by atomic mass is 10.1. The molecule has 1 amide bonds. The second-order valence-electron chi connectivity index (χ2n) is 3.97. The molecular formula is C12H15ClN2O3. The van der Waals surface area contributed by atoms with Gasteiger partial charge in [0.2, 0.25) is 5.91 Å². The predicted octanol–water partition coefficient (Wildman–Crippen LogP) is 2.74. The van der Waals surface area contributed by atoms with Crippen molar-refractivity contribution in [1.82, 2.24) is 4.90 Å². The van der Waals surface area contributed by atoms with E-state index in [9.17, 15) is 14.9 Å². The third-order valence-electron chi connectivity index (χ3n) is 2.85. The van der Waals surface area contributed by atoms with E-state index in [0.29, 0.717) is 0 Å². The Balaban J connectivity index is 2.89. The molecule has 0 aromatic heterocycles. The van der Waals surface area contributed by atoms with Crippen molar-refractivity contribution in [3.63, 3.8) is 0 Å². The monoisotopic (exact) mass is 270 g/mol. The van der Waals surface area contributed by atoms with Crippen LogP contribution >= 0.6 is 11.6 Å². The largest absolute Gasteiger partial charge is 0.339 e. The van der Waals surface area contributed by atoms with Gasteiger partial charge in [0, 0.05) is 31.5 Å². The van der Waals surface area contributed by atoms with Crippen molar-refractivity contribution >= 4 is 23.2 Å². The SMILES string of the molecule is CC(c1cccc([N+](=O)[O-])c1)N(C)C(=O)CCCl. The molecule has 98 valence electrons. The number of halogens is 1. The van der Waals surface area contributed by atoms with Crippen LogP contribution in [0.2, 0.25) is 0 Å². The number of nitro groups is 1. The zero-order chi connectivity index (χ0) is 13.7. The van der Waals surface area contributed by atoms with Crippen molar-refractivity contribution in [2.24, 2.45) is 0 Å². The number of non-ortho nitro benzene ring substituents is 1. The molecule has 1 rings (SSSR count). The minimum atomic E-state index is -0.448. The molecular weight excluding hydrogens is 256 g/mol. The molecule has 1 aromatic rings. The fourth-order valence-electron chi connectivity index (χ4n) is 1.60. The van der Waals surface area contributed by atoms with E-state index in [1.165, 1.54) is 12.1 Å². The van der Waals surface area contributed by atoms with Crippen molar-refractivity contribution < 1.29 is 9.72 Å². The molecule has 0 aliphatic carbocycles. The number of amides is 1. The van der Waals surface area contributed by atoms with Crippen molar-refractivity contribution in [3.8, 4) is 0 Å². The Morgan fingerprint density at radius 3 is 2.78 bits per heavy atom. The lowest BCUT2D eigenvalue weighted by Crippen LogP contribution is -2.29. The zero-order valence-electron chi connectivity index (χ0n) is 10.3. The number of carbonyl (C=O) groups excluding carboxylic acids is 1. The van der Waals surface area contributed by atoms with Crippen LogP contribution in [-0.4, -0.2) is 28.7 Å². The maximum Gasteiger partial charge on any atom is 0.269 e. The van der Waals surface area contributed by atoms with E-state index in [0.717, 1.165) is 5.56 Å². The van der Waals surface area contributed by atoms with Gasteiger partial charge in [-0.1, -0.05) is 12.1 Å². The van der Waals surface area contributed by atoms with Gasteiger partial charge in [0.05, 0.1) is 11.0 Å². The normalized spacial score (nSPS) is 11.9. The summed E-state index contributed by atoms with van der Waals surface area (Å²) in [6.07, 6.45) is 0.261. The minimum Gasteiger partial charge on any atom is -0.339 e. The van der Waals surface area contributed by atoms with Gasteiger partial charge in [0.1, 0.15) is 0 Å². The Hall–Kier alpha value is -1.62. The lowest BCUT2D eigenvalue weighted by Gasteiger charge is -2.25. The summed E-state index contributed by atoms with van der Waals surface area (Å²) in [7, 11) is 1.67. The third-order valence-corrected chi connectivity index (χ3v) is 3.04. The molecule has 0 heterocycles. The fraction of sp³-hybridized carbons (Fsp3) is 0.417. The van der Waals surface area contributed by atoms with Gasteiger partial charge in [0.15, 0.2) is 0 Å². The van der Waals surface area contributed by atoms with Crippen LogP contribution in [0.25, 0.3) is 0 Å². The van der Waals surface area contributed by atoms with Crippen LogP contribution in [-0.2, 0) is 4.79 Å². The first-order valence-electron chi connectivity index (χ1n) is 5.53. The molecule has 0 saturated heterocycles. The van der Waals surface area contributed by atoms with Crippen molar-refractivity contribution in [1.29, 1.82) is 0 Å². The number of nitro benzene ring substituents is 1. The van der Waals surface area contributed by atoms with Gasteiger partial charge in [-0.3, -0.25) is 14.9 Å². The molecule has 0 aliphatic rings. The van der Waals surface area contributed by atoms with Gasteiger partial charge in [0.25, 0.3) is 5.69 Å². The van der Waals surface area contributed by atoms with Gasteiger partial charge < -0.3 is 4.90 Å². The summed E-state index contributed by atoms with van der Waals surface area (Å²) in [6, 6.07) is 6.07. The number of nitrogens with zero attached hydrogens (tertiary/aromatic N) is 2. The highest BCUT2D eigenvalue weighted by Gasteiger charge is 2.18. The van der Waals surface area contributed by atoms with Gasteiger partial charge in [-0.25, -0.2) is 0 Å². The van der Waals surface area contributed by atoms with Crippen molar-refractivity contribution in [2.45, 2.75) is 19.4 Å². The average molecular weight is 271 g/mol. The second kappa shape index (κ2) is 6.35. The molecule has 0 N–H and O–H groups in total. The Morgan fingerprint density at radius 2 is 2.22 bits per heavy atom. The predicted molar refractivity (Wildman–Crippen MR) is 69.6 cm³/mol. The summed E-state index contributed by atoms with van der Waals surface area (Å²) >= 11 is 5.52. The molecule has 5 nitrogen and oxygen atoms in total. The molecule has 0 saturated carbocycles. The topological polar surface area (TPSA) is 63.5 Å². The van der Waals surface area contributed by atoms with Crippen LogP contribution in [0.1, 0.15) is 24.9 Å². The van der Waals surface area contributed by atoms with E-state index in [-0.39, 0.29) is 29.9 Å². The summed E-state index contributed by atoms with van der Waals surface area (Å²) in [4.78, 5) is 23.5. The summed E-state index contributed by atoms with van der Waals surface area (Å²) in [5, 5.41) is 10.7. The Bertz CT molecular complexity index is 451. The lowest BCUT2D eigenvalue weighted by molar-refractivity contribution is -0.384. The zero-order valence-corrected chi connectivity index (χ0v) is 11.1. The van der Waals surface area contributed by atoms with E-state index in [1.54, 1.807) is 24.1 Å². The molecule has 0 radical (unpaired) electrons. The van der Waals surface area contributed by atoms with Gasteiger partial charge in [-0.05, 0) is 12.5 Å². The molecule has 0 bridgehead atoms. The molecule has 0 aliphatic heterocycles. The first-order chi connectivity index (χ1) is 8.47. The molecule has 1 unspecified atom stereocenters. The molecule has 6 heteroatoms. The number of alkyl halides is 1. The van der Waals surface area contributed by atoms with Crippen LogP contribution in [0.4, 0.5) is 5.69 Å². The summed E-state index contributed by atoms with van der Waals surface area (Å²) in [5.74, 6) is 0.189. The standard InChI is InChI=1S/C12H15ClN2O3/c1-9(14(2)12(16)6-7-13)10-4-3-5-11(8-10)15(17)18/h3-5,8-9H,6-7H2,1-2H3. The van der Waals surface area contributed by atoms with E-state index >= 15 is 0 Å². The van der Waals surface area contributed by atoms with Crippen molar-refractivity contribution in [3.05, 3.63) is 39.9 Å². The third kappa shape index (κ3) is 3.43. The Labute approximate surface area is 110 Å². The van der Waals surface area contributed by atoms with Crippen LogP contribution < -0.4 is 0 Å². The molecule has 0 fully saturated rings. The molecule has 1 aromatic carbocycles. The molecule has 0 spiro atoms. The summed E-state index contributed by atoms with van der Waals surface area (Å²) in [6.45, 7) is 1.82. The number of carbonyl (C=O) groups is 1. The minimum absolute atomic E-state index is 0.0255. The maximum atomic E-state index is 11.7. The quantitative estimate of drug-likeness (QED) is 0.469. The first kappa shape index (κ1) is 14.4. The number of hydrogen-bond donors (Lipinski definition) is 0. The smallest absolute Gasteiger partial charge is 0.269 e. The highest BCUT2D eigenvalue weighted by Crippen LogP contribution is 2.23. The van der Waals surface area contributed by atoms with E-state index in [2.05, 4.69) is 0 Å². The highest BCUT2D eigenvalue weighted by molar-refractivity contribution is 6.18. The van der Waals surface area contributed by atoms with Crippen LogP contribution in [0.3, 0.4) is 0 Å². The Morgan fingerprint density at radius 1 is 1.56 bits per heavy atom. The average Bonchev–Trinajstić information content (AvgIpc) is 2.37. The second-order valence-corrected chi connectivity index (χ2v) is 4.35. The van der Waals surface area contributed by atoms with E-state index in [1.807, 2.05) is 6.92 Å². The van der Waals surface area contributed by atoms with E-state index < -0.39 is 4.92 Å². The number of hydrogen-bond acceptors (Lipinski definition) is 3. The van der Waals surface area contributed by atoms with Crippen LogP contribution in [0, 0.1) is 10.1 Å².